The molecular weight excluding hydrogens is 232 g/mol. The second-order valence-corrected chi connectivity index (χ2v) is 3.92. The summed E-state index contributed by atoms with van der Waals surface area (Å²) in [5.41, 5.74) is 1.56. The van der Waals surface area contributed by atoms with Gasteiger partial charge in [0.25, 0.3) is 0 Å². The van der Waals surface area contributed by atoms with E-state index in [0.717, 1.165) is 17.4 Å². The summed E-state index contributed by atoms with van der Waals surface area (Å²) in [4.78, 5) is 10.8. The van der Waals surface area contributed by atoms with E-state index >= 15 is 0 Å². The van der Waals surface area contributed by atoms with Crippen LogP contribution in [0, 0.1) is 0 Å². The van der Waals surface area contributed by atoms with Crippen LogP contribution >= 0.6 is 0 Å². The summed E-state index contributed by atoms with van der Waals surface area (Å²) in [6.07, 6.45) is 2.62. The molecule has 0 saturated carbocycles. The fraction of sp³-hybridized carbons (Fsp3) is 0.214. The van der Waals surface area contributed by atoms with Gasteiger partial charge in [-0.1, -0.05) is 12.1 Å². The van der Waals surface area contributed by atoms with Crippen molar-refractivity contribution < 1.29 is 19.1 Å². The molecule has 0 unspecified atom stereocenters. The van der Waals surface area contributed by atoms with Crippen LogP contribution in [-0.2, 0) is 11.3 Å². The van der Waals surface area contributed by atoms with E-state index < -0.39 is 5.97 Å². The third kappa shape index (κ3) is 2.78. The SMILES string of the molecule is C=CCCOCc1ccc2oc(C(=O)O)cc2c1. The van der Waals surface area contributed by atoms with E-state index in [0.29, 0.717) is 18.8 Å². The van der Waals surface area contributed by atoms with Crippen LogP contribution < -0.4 is 0 Å². The quantitative estimate of drug-likeness (QED) is 0.628. The van der Waals surface area contributed by atoms with Crippen molar-refractivity contribution >= 4 is 16.9 Å². The predicted molar refractivity (Wildman–Crippen MR) is 67.6 cm³/mol. The van der Waals surface area contributed by atoms with Crippen LogP contribution in [0.5, 0.6) is 0 Å². The topological polar surface area (TPSA) is 59.7 Å². The van der Waals surface area contributed by atoms with Crippen molar-refractivity contribution in [1.82, 2.24) is 0 Å². The monoisotopic (exact) mass is 246 g/mol. The molecule has 0 aliphatic carbocycles. The van der Waals surface area contributed by atoms with Crippen LogP contribution in [0.1, 0.15) is 22.5 Å². The lowest BCUT2D eigenvalue weighted by atomic mass is 10.2. The molecule has 18 heavy (non-hydrogen) atoms. The van der Waals surface area contributed by atoms with Gasteiger partial charge in [-0.25, -0.2) is 4.79 Å². The maximum absolute atomic E-state index is 10.8. The first-order chi connectivity index (χ1) is 8.70. The zero-order chi connectivity index (χ0) is 13.0. The Morgan fingerprint density at radius 2 is 2.28 bits per heavy atom. The number of hydrogen-bond acceptors (Lipinski definition) is 3. The van der Waals surface area contributed by atoms with Crippen LogP contribution in [0.15, 0.2) is 41.3 Å². The molecule has 0 bridgehead atoms. The molecule has 2 aromatic rings. The Labute approximate surface area is 104 Å². The van der Waals surface area contributed by atoms with Gasteiger partial charge in [0.15, 0.2) is 0 Å². The molecule has 0 spiro atoms. The first kappa shape index (κ1) is 12.4. The minimum atomic E-state index is -1.06. The number of furan rings is 1. The molecule has 0 amide bonds. The maximum Gasteiger partial charge on any atom is 0.371 e. The van der Waals surface area contributed by atoms with Gasteiger partial charge < -0.3 is 14.3 Å². The van der Waals surface area contributed by atoms with Gasteiger partial charge in [-0.05, 0) is 30.2 Å². The Morgan fingerprint density at radius 3 is 3.00 bits per heavy atom. The fourth-order valence-corrected chi connectivity index (χ4v) is 1.64. The molecule has 1 aromatic heterocycles. The van der Waals surface area contributed by atoms with E-state index in [-0.39, 0.29) is 5.76 Å². The van der Waals surface area contributed by atoms with Gasteiger partial charge in [0.05, 0.1) is 13.2 Å². The molecule has 0 atom stereocenters. The molecule has 2 rings (SSSR count). The van der Waals surface area contributed by atoms with Gasteiger partial charge >= 0.3 is 5.97 Å². The molecule has 0 saturated heterocycles. The average Bonchev–Trinajstić information content (AvgIpc) is 2.78. The summed E-state index contributed by atoms with van der Waals surface area (Å²) in [5.74, 6) is -1.11. The van der Waals surface area contributed by atoms with Gasteiger partial charge in [-0.3, -0.25) is 0 Å². The number of aromatic carboxylic acids is 1. The number of fused-ring (bicyclic) bond motifs is 1. The van der Waals surface area contributed by atoms with E-state index in [1.165, 1.54) is 6.07 Å². The lowest BCUT2D eigenvalue weighted by molar-refractivity contribution is 0.0665. The lowest BCUT2D eigenvalue weighted by Crippen LogP contribution is -1.93. The van der Waals surface area contributed by atoms with Crippen LogP contribution in [0.25, 0.3) is 11.0 Å². The molecule has 4 heteroatoms. The highest BCUT2D eigenvalue weighted by atomic mass is 16.5. The standard InChI is InChI=1S/C14H14O4/c1-2-3-6-17-9-10-4-5-12-11(7-10)8-13(18-12)14(15)16/h2,4-5,7-8H,1,3,6,9H2,(H,15,16). The molecule has 4 nitrogen and oxygen atoms in total. The third-order valence-electron chi connectivity index (χ3n) is 2.53. The van der Waals surface area contributed by atoms with Crippen molar-refractivity contribution in [1.29, 1.82) is 0 Å². The fourth-order valence-electron chi connectivity index (χ4n) is 1.64. The normalized spacial score (nSPS) is 10.7. The summed E-state index contributed by atoms with van der Waals surface area (Å²) in [6, 6.07) is 7.02. The summed E-state index contributed by atoms with van der Waals surface area (Å²) in [7, 11) is 0. The Kier molecular flexibility index (Phi) is 3.79. The van der Waals surface area contributed by atoms with Crippen molar-refractivity contribution in [2.24, 2.45) is 0 Å². The molecule has 1 N–H and O–H groups in total. The molecule has 0 aliphatic rings. The first-order valence-corrected chi connectivity index (χ1v) is 5.65. The zero-order valence-electron chi connectivity index (χ0n) is 9.89. The molecule has 94 valence electrons. The van der Waals surface area contributed by atoms with E-state index in [1.807, 2.05) is 12.1 Å². The van der Waals surface area contributed by atoms with Crippen LogP contribution in [-0.4, -0.2) is 17.7 Å². The first-order valence-electron chi connectivity index (χ1n) is 5.65. The average molecular weight is 246 g/mol. The van der Waals surface area contributed by atoms with Gasteiger partial charge in [0.2, 0.25) is 5.76 Å². The molecular formula is C14H14O4. The highest BCUT2D eigenvalue weighted by molar-refractivity contribution is 5.91. The Morgan fingerprint density at radius 1 is 1.44 bits per heavy atom. The van der Waals surface area contributed by atoms with Crippen molar-refractivity contribution in [2.45, 2.75) is 13.0 Å². The molecule has 0 radical (unpaired) electrons. The molecule has 1 aromatic carbocycles. The Bertz CT molecular complexity index is 568. The molecule has 1 heterocycles. The summed E-state index contributed by atoms with van der Waals surface area (Å²) in [5, 5.41) is 9.60. The lowest BCUT2D eigenvalue weighted by Gasteiger charge is -2.02. The number of carboxylic acids is 1. The predicted octanol–water partition coefficient (Wildman–Crippen LogP) is 3.22. The van der Waals surface area contributed by atoms with Crippen molar-refractivity contribution in [3.8, 4) is 0 Å². The van der Waals surface area contributed by atoms with E-state index in [9.17, 15) is 4.79 Å². The maximum atomic E-state index is 10.8. The Hall–Kier alpha value is -2.07. The number of rotatable bonds is 6. The summed E-state index contributed by atoms with van der Waals surface area (Å²) in [6.45, 7) is 4.75. The van der Waals surface area contributed by atoms with Crippen LogP contribution in [0.2, 0.25) is 0 Å². The number of carbonyl (C=O) groups is 1. The number of hydrogen-bond donors (Lipinski definition) is 1. The molecule has 0 aliphatic heterocycles. The minimum Gasteiger partial charge on any atom is -0.475 e. The van der Waals surface area contributed by atoms with Gasteiger partial charge in [-0.2, -0.15) is 0 Å². The smallest absolute Gasteiger partial charge is 0.371 e. The van der Waals surface area contributed by atoms with Crippen LogP contribution in [0.4, 0.5) is 0 Å². The zero-order valence-corrected chi connectivity index (χ0v) is 9.89. The van der Waals surface area contributed by atoms with E-state index in [2.05, 4.69) is 6.58 Å². The second kappa shape index (κ2) is 5.51. The van der Waals surface area contributed by atoms with Crippen molar-refractivity contribution in [2.75, 3.05) is 6.61 Å². The number of benzene rings is 1. The number of ether oxygens (including phenoxy) is 1. The minimum absolute atomic E-state index is 0.0466. The molecule has 0 fully saturated rings. The van der Waals surface area contributed by atoms with Gasteiger partial charge in [0, 0.05) is 5.39 Å². The van der Waals surface area contributed by atoms with Crippen molar-refractivity contribution in [3.63, 3.8) is 0 Å². The highest BCUT2D eigenvalue weighted by Gasteiger charge is 2.10. The third-order valence-corrected chi connectivity index (χ3v) is 2.53. The van der Waals surface area contributed by atoms with Crippen molar-refractivity contribution in [3.05, 3.63) is 48.2 Å². The highest BCUT2D eigenvalue weighted by Crippen LogP contribution is 2.21. The number of carboxylic acid groups (broad SMARTS) is 1. The van der Waals surface area contributed by atoms with Gasteiger partial charge in [-0.15, -0.1) is 6.58 Å². The summed E-state index contributed by atoms with van der Waals surface area (Å²) < 4.78 is 10.6. The van der Waals surface area contributed by atoms with Gasteiger partial charge in [0.1, 0.15) is 5.58 Å². The Balaban J connectivity index is 2.11. The second-order valence-electron chi connectivity index (χ2n) is 3.92. The van der Waals surface area contributed by atoms with Crippen LogP contribution in [0.3, 0.4) is 0 Å². The van der Waals surface area contributed by atoms with E-state index in [4.69, 9.17) is 14.3 Å². The summed E-state index contributed by atoms with van der Waals surface area (Å²) >= 11 is 0. The van der Waals surface area contributed by atoms with E-state index in [1.54, 1.807) is 12.1 Å². The largest absolute Gasteiger partial charge is 0.475 e.